The fourth-order valence-corrected chi connectivity index (χ4v) is 2.20. The van der Waals surface area contributed by atoms with Crippen molar-refractivity contribution in [3.63, 3.8) is 0 Å². The highest BCUT2D eigenvalue weighted by molar-refractivity contribution is 6.43. The Labute approximate surface area is 153 Å². The third-order valence-electron chi connectivity index (χ3n) is 2.69. The number of nitrogens with one attached hydrogen (secondary N) is 1. The SMILES string of the molecule is CC(C)[C@@H](OC(=O)COc1cc(Cl)c(Cl)cc1Cl)C(=O)NC(N)=O. The van der Waals surface area contributed by atoms with E-state index < -0.39 is 30.6 Å². The molecular formula is C14H15Cl3N2O5. The molecule has 7 nitrogen and oxygen atoms in total. The molecule has 0 radical (unpaired) electrons. The molecule has 0 saturated carbocycles. The minimum Gasteiger partial charge on any atom is -0.480 e. The summed E-state index contributed by atoms with van der Waals surface area (Å²) < 4.78 is 10.2. The van der Waals surface area contributed by atoms with Crippen molar-refractivity contribution in [1.82, 2.24) is 5.32 Å². The van der Waals surface area contributed by atoms with Gasteiger partial charge < -0.3 is 15.2 Å². The summed E-state index contributed by atoms with van der Waals surface area (Å²) in [7, 11) is 0. The van der Waals surface area contributed by atoms with Crippen LogP contribution in [0.25, 0.3) is 0 Å². The Kier molecular flexibility index (Phi) is 7.59. The molecule has 1 aromatic carbocycles. The number of esters is 1. The molecule has 3 amide bonds. The highest BCUT2D eigenvalue weighted by Crippen LogP contribution is 2.33. The predicted molar refractivity (Wildman–Crippen MR) is 89.4 cm³/mol. The van der Waals surface area contributed by atoms with E-state index in [2.05, 4.69) is 0 Å². The van der Waals surface area contributed by atoms with Crippen molar-refractivity contribution in [3.8, 4) is 5.75 Å². The highest BCUT2D eigenvalue weighted by Gasteiger charge is 2.27. The van der Waals surface area contributed by atoms with Crippen molar-refractivity contribution in [2.45, 2.75) is 20.0 Å². The Bertz CT molecular complexity index is 652. The van der Waals surface area contributed by atoms with Gasteiger partial charge in [0.15, 0.2) is 12.7 Å². The van der Waals surface area contributed by atoms with Gasteiger partial charge in [0.25, 0.3) is 5.91 Å². The topological polar surface area (TPSA) is 108 Å². The first-order chi connectivity index (χ1) is 11.1. The Morgan fingerprint density at radius 1 is 1.12 bits per heavy atom. The standard InChI is InChI=1S/C14H15Cl3N2O5/c1-6(2)12(13(21)19-14(18)22)24-11(20)5-23-10-4-8(16)7(15)3-9(10)17/h3-4,6,12H,5H2,1-2H3,(H3,18,19,21,22)/t12-/m1/s1. The van der Waals surface area contributed by atoms with Gasteiger partial charge in [0, 0.05) is 6.07 Å². The van der Waals surface area contributed by atoms with E-state index in [0.29, 0.717) is 0 Å². The number of urea groups is 1. The average molecular weight is 398 g/mol. The maximum atomic E-state index is 11.8. The average Bonchev–Trinajstić information content (AvgIpc) is 2.46. The van der Waals surface area contributed by atoms with Crippen molar-refractivity contribution >= 4 is 52.7 Å². The number of carbonyl (C=O) groups is 3. The second-order valence-electron chi connectivity index (χ2n) is 4.99. The third kappa shape index (κ3) is 6.07. The largest absolute Gasteiger partial charge is 0.480 e. The molecule has 0 aliphatic heterocycles. The van der Waals surface area contributed by atoms with Crippen LogP contribution in [0.15, 0.2) is 12.1 Å². The first-order valence-corrected chi connectivity index (χ1v) is 7.82. The minimum atomic E-state index is -1.20. The van der Waals surface area contributed by atoms with Gasteiger partial charge in [-0.2, -0.15) is 0 Å². The molecule has 0 saturated heterocycles. The lowest BCUT2D eigenvalue weighted by Gasteiger charge is -2.20. The van der Waals surface area contributed by atoms with Crippen LogP contribution in [0.4, 0.5) is 4.79 Å². The summed E-state index contributed by atoms with van der Waals surface area (Å²) in [5, 5.41) is 2.45. The van der Waals surface area contributed by atoms with E-state index in [0.717, 1.165) is 0 Å². The number of ether oxygens (including phenoxy) is 2. The predicted octanol–water partition coefficient (Wildman–Crippen LogP) is 2.79. The molecule has 0 fully saturated rings. The monoisotopic (exact) mass is 396 g/mol. The molecule has 132 valence electrons. The molecule has 0 aromatic heterocycles. The van der Waals surface area contributed by atoms with E-state index in [4.69, 9.17) is 50.0 Å². The van der Waals surface area contributed by atoms with Gasteiger partial charge in [-0.05, 0) is 12.0 Å². The first-order valence-electron chi connectivity index (χ1n) is 6.69. The van der Waals surface area contributed by atoms with Crippen LogP contribution in [0.1, 0.15) is 13.8 Å². The normalized spacial score (nSPS) is 11.8. The molecule has 24 heavy (non-hydrogen) atoms. The number of hydrogen-bond donors (Lipinski definition) is 2. The molecular weight excluding hydrogens is 383 g/mol. The summed E-state index contributed by atoms with van der Waals surface area (Å²) in [5.74, 6) is -1.92. The van der Waals surface area contributed by atoms with E-state index in [-0.39, 0.29) is 26.7 Å². The maximum Gasteiger partial charge on any atom is 0.344 e. The summed E-state index contributed by atoms with van der Waals surface area (Å²) >= 11 is 17.5. The van der Waals surface area contributed by atoms with E-state index in [1.165, 1.54) is 12.1 Å². The molecule has 0 bridgehead atoms. The van der Waals surface area contributed by atoms with Crippen LogP contribution in [-0.4, -0.2) is 30.6 Å². The Morgan fingerprint density at radius 3 is 2.25 bits per heavy atom. The zero-order valence-corrected chi connectivity index (χ0v) is 15.0. The van der Waals surface area contributed by atoms with E-state index in [1.807, 2.05) is 5.32 Å². The first kappa shape index (κ1) is 20.3. The van der Waals surface area contributed by atoms with Crippen LogP contribution in [0.3, 0.4) is 0 Å². The van der Waals surface area contributed by atoms with Crippen LogP contribution in [-0.2, 0) is 14.3 Å². The molecule has 1 atom stereocenters. The fourth-order valence-electron chi connectivity index (χ4n) is 1.61. The van der Waals surface area contributed by atoms with Crippen molar-refractivity contribution in [2.75, 3.05) is 6.61 Å². The lowest BCUT2D eigenvalue weighted by molar-refractivity contribution is -0.160. The zero-order valence-electron chi connectivity index (χ0n) is 12.8. The van der Waals surface area contributed by atoms with Crippen LogP contribution < -0.4 is 15.8 Å². The summed E-state index contributed by atoms with van der Waals surface area (Å²) in [6, 6.07) is 1.67. The number of primary amides is 1. The van der Waals surface area contributed by atoms with Gasteiger partial charge in [0.1, 0.15) is 5.75 Å². The van der Waals surface area contributed by atoms with E-state index >= 15 is 0 Å². The number of hydrogen-bond acceptors (Lipinski definition) is 5. The Morgan fingerprint density at radius 2 is 1.71 bits per heavy atom. The van der Waals surface area contributed by atoms with Crippen molar-refractivity contribution in [1.29, 1.82) is 0 Å². The molecule has 0 spiro atoms. The van der Waals surface area contributed by atoms with E-state index in [9.17, 15) is 14.4 Å². The molecule has 1 aromatic rings. The van der Waals surface area contributed by atoms with Gasteiger partial charge >= 0.3 is 12.0 Å². The summed E-state index contributed by atoms with van der Waals surface area (Å²) in [4.78, 5) is 34.3. The summed E-state index contributed by atoms with van der Waals surface area (Å²) in [6.45, 7) is 2.75. The zero-order chi connectivity index (χ0) is 18.4. The number of halogens is 3. The van der Waals surface area contributed by atoms with Gasteiger partial charge in [-0.3, -0.25) is 10.1 Å². The number of amides is 3. The molecule has 0 aliphatic rings. The van der Waals surface area contributed by atoms with Crippen molar-refractivity contribution in [3.05, 3.63) is 27.2 Å². The van der Waals surface area contributed by atoms with Gasteiger partial charge in [-0.25, -0.2) is 9.59 Å². The van der Waals surface area contributed by atoms with Crippen LogP contribution in [0, 0.1) is 5.92 Å². The van der Waals surface area contributed by atoms with Crippen molar-refractivity contribution < 1.29 is 23.9 Å². The fraction of sp³-hybridized carbons (Fsp3) is 0.357. The molecule has 10 heteroatoms. The Hall–Kier alpha value is -1.70. The lowest BCUT2D eigenvalue weighted by Crippen LogP contribution is -2.46. The molecule has 0 unspecified atom stereocenters. The highest BCUT2D eigenvalue weighted by atomic mass is 35.5. The summed E-state index contributed by atoms with van der Waals surface area (Å²) in [6.07, 6.45) is -1.20. The van der Waals surface area contributed by atoms with Gasteiger partial charge in [-0.1, -0.05) is 48.7 Å². The third-order valence-corrected chi connectivity index (χ3v) is 3.71. The number of carbonyl (C=O) groups excluding carboxylic acids is 3. The number of benzene rings is 1. The number of rotatable bonds is 6. The van der Waals surface area contributed by atoms with Crippen LogP contribution in [0.2, 0.25) is 15.1 Å². The van der Waals surface area contributed by atoms with E-state index in [1.54, 1.807) is 13.8 Å². The second-order valence-corrected chi connectivity index (χ2v) is 6.21. The number of nitrogens with two attached hydrogens (primary N) is 1. The second kappa shape index (κ2) is 8.96. The van der Waals surface area contributed by atoms with Crippen molar-refractivity contribution in [2.24, 2.45) is 11.7 Å². The van der Waals surface area contributed by atoms with Gasteiger partial charge in [0.2, 0.25) is 0 Å². The minimum absolute atomic E-state index is 0.130. The molecule has 3 N–H and O–H groups in total. The lowest BCUT2D eigenvalue weighted by atomic mass is 10.1. The van der Waals surface area contributed by atoms with Crippen LogP contribution in [0.5, 0.6) is 5.75 Å². The summed E-state index contributed by atoms with van der Waals surface area (Å²) in [5.41, 5.74) is 4.87. The molecule has 0 heterocycles. The quantitative estimate of drug-likeness (QED) is 0.567. The smallest absolute Gasteiger partial charge is 0.344 e. The van der Waals surface area contributed by atoms with Gasteiger partial charge in [0.05, 0.1) is 15.1 Å². The molecule has 1 rings (SSSR count). The molecule has 0 aliphatic carbocycles. The van der Waals surface area contributed by atoms with Gasteiger partial charge in [-0.15, -0.1) is 0 Å². The Balaban J connectivity index is 2.68. The van der Waals surface area contributed by atoms with Crippen LogP contribution >= 0.6 is 34.8 Å². The maximum absolute atomic E-state index is 11.8. The number of imide groups is 1.